The van der Waals surface area contributed by atoms with Gasteiger partial charge < -0.3 is 5.32 Å². The Morgan fingerprint density at radius 1 is 1.33 bits per heavy atom. The van der Waals surface area contributed by atoms with Crippen LogP contribution in [0, 0.1) is 18.7 Å². The van der Waals surface area contributed by atoms with Crippen LogP contribution in [0.5, 0.6) is 0 Å². The number of nitrogens with one attached hydrogen (secondary N) is 2. The molecule has 1 fully saturated rings. The normalized spacial score (nSPS) is 17.9. The van der Waals surface area contributed by atoms with Crippen LogP contribution in [0.15, 0.2) is 18.2 Å². The number of para-hydroxylation sites is 1. The van der Waals surface area contributed by atoms with E-state index < -0.39 is 16.0 Å². The van der Waals surface area contributed by atoms with E-state index in [-0.39, 0.29) is 5.69 Å². The lowest BCUT2D eigenvalue weighted by atomic mass is 9.98. The number of rotatable bonds is 5. The Balaban J connectivity index is 2.06. The van der Waals surface area contributed by atoms with Gasteiger partial charge in [0.2, 0.25) is 0 Å². The molecule has 0 radical (unpaired) electrons. The van der Waals surface area contributed by atoms with E-state index in [0.717, 1.165) is 19.4 Å². The first kappa shape index (κ1) is 16.2. The molecule has 1 aromatic rings. The first-order valence-electron chi connectivity index (χ1n) is 7.11. The van der Waals surface area contributed by atoms with Gasteiger partial charge in [-0.3, -0.25) is 4.72 Å². The molecule has 0 aromatic heterocycles. The molecule has 1 saturated heterocycles. The zero-order valence-corrected chi connectivity index (χ0v) is 13.2. The molecule has 0 spiro atoms. The van der Waals surface area contributed by atoms with Gasteiger partial charge in [-0.1, -0.05) is 12.1 Å². The Morgan fingerprint density at radius 3 is 2.57 bits per heavy atom. The maximum Gasteiger partial charge on any atom is 0.301 e. The van der Waals surface area contributed by atoms with E-state index in [2.05, 4.69) is 10.0 Å². The minimum Gasteiger partial charge on any atom is -0.319 e. The third-order valence-corrected chi connectivity index (χ3v) is 5.37. The Bertz CT molecular complexity index is 564. The second-order valence-electron chi connectivity index (χ2n) is 5.44. The van der Waals surface area contributed by atoms with Crippen molar-refractivity contribution < 1.29 is 12.8 Å². The SMILES string of the molecule is CNCC1CCN(S(=O)(=O)Nc2c(C)cccc2F)CC1. The Labute approximate surface area is 125 Å². The Morgan fingerprint density at radius 2 is 2.00 bits per heavy atom. The molecule has 0 aliphatic carbocycles. The van der Waals surface area contributed by atoms with Crippen LogP contribution in [-0.4, -0.2) is 39.4 Å². The lowest BCUT2D eigenvalue weighted by Crippen LogP contribution is -2.43. The summed E-state index contributed by atoms with van der Waals surface area (Å²) in [4.78, 5) is 0. The van der Waals surface area contributed by atoms with Gasteiger partial charge in [-0.15, -0.1) is 0 Å². The molecule has 1 aliphatic rings. The van der Waals surface area contributed by atoms with E-state index in [0.29, 0.717) is 24.6 Å². The summed E-state index contributed by atoms with van der Waals surface area (Å²) < 4.78 is 42.2. The predicted molar refractivity (Wildman–Crippen MR) is 81.9 cm³/mol. The highest BCUT2D eigenvalue weighted by Gasteiger charge is 2.28. The number of anilines is 1. The second kappa shape index (κ2) is 6.72. The molecule has 118 valence electrons. The minimum atomic E-state index is -3.70. The van der Waals surface area contributed by atoms with Crippen molar-refractivity contribution >= 4 is 15.9 Å². The summed E-state index contributed by atoms with van der Waals surface area (Å²) in [5.41, 5.74) is 0.610. The molecule has 0 bridgehead atoms. The van der Waals surface area contributed by atoms with Crippen molar-refractivity contribution in [1.29, 1.82) is 0 Å². The van der Waals surface area contributed by atoms with Gasteiger partial charge in [-0.25, -0.2) is 4.39 Å². The van der Waals surface area contributed by atoms with E-state index in [9.17, 15) is 12.8 Å². The molecule has 0 amide bonds. The van der Waals surface area contributed by atoms with Gasteiger partial charge in [0, 0.05) is 13.1 Å². The molecular formula is C14H22FN3O2S. The zero-order valence-electron chi connectivity index (χ0n) is 12.4. The molecule has 0 atom stereocenters. The largest absolute Gasteiger partial charge is 0.319 e. The van der Waals surface area contributed by atoms with Crippen molar-refractivity contribution in [3.8, 4) is 0 Å². The van der Waals surface area contributed by atoms with Gasteiger partial charge in [0.25, 0.3) is 0 Å². The van der Waals surface area contributed by atoms with Gasteiger partial charge in [0.15, 0.2) is 0 Å². The van der Waals surface area contributed by atoms with Crippen molar-refractivity contribution in [2.75, 3.05) is 31.4 Å². The van der Waals surface area contributed by atoms with Crippen LogP contribution in [0.1, 0.15) is 18.4 Å². The van der Waals surface area contributed by atoms with E-state index in [1.165, 1.54) is 10.4 Å². The highest BCUT2D eigenvalue weighted by Crippen LogP contribution is 2.24. The summed E-state index contributed by atoms with van der Waals surface area (Å²) >= 11 is 0. The van der Waals surface area contributed by atoms with Gasteiger partial charge in [-0.2, -0.15) is 12.7 Å². The number of hydrogen-bond acceptors (Lipinski definition) is 3. The molecule has 1 heterocycles. The third-order valence-electron chi connectivity index (χ3n) is 3.86. The molecule has 7 heteroatoms. The van der Waals surface area contributed by atoms with E-state index >= 15 is 0 Å². The number of nitrogens with zero attached hydrogens (tertiary/aromatic N) is 1. The Hall–Kier alpha value is -1.18. The first-order chi connectivity index (χ1) is 9.94. The van der Waals surface area contributed by atoms with Crippen LogP contribution in [-0.2, 0) is 10.2 Å². The summed E-state index contributed by atoms with van der Waals surface area (Å²) in [6, 6.07) is 4.50. The zero-order chi connectivity index (χ0) is 15.5. The summed E-state index contributed by atoms with van der Waals surface area (Å²) in [5.74, 6) is -0.0553. The Kier molecular flexibility index (Phi) is 5.18. The summed E-state index contributed by atoms with van der Waals surface area (Å²) in [5, 5.41) is 3.11. The monoisotopic (exact) mass is 315 g/mol. The standard InChI is InChI=1S/C14H22FN3O2S/c1-11-4-3-5-13(15)14(11)17-21(19,20)18-8-6-12(7-9-18)10-16-2/h3-5,12,16-17H,6-10H2,1-2H3. The summed E-state index contributed by atoms with van der Waals surface area (Å²) in [7, 11) is -1.80. The van der Waals surface area contributed by atoms with Crippen molar-refractivity contribution in [3.05, 3.63) is 29.6 Å². The van der Waals surface area contributed by atoms with Crippen molar-refractivity contribution in [3.63, 3.8) is 0 Å². The number of aryl methyl sites for hydroxylation is 1. The minimum absolute atomic E-state index is 0.0369. The molecule has 5 nitrogen and oxygen atoms in total. The molecule has 1 aliphatic heterocycles. The highest BCUT2D eigenvalue weighted by atomic mass is 32.2. The fraction of sp³-hybridized carbons (Fsp3) is 0.571. The van der Waals surface area contributed by atoms with Crippen molar-refractivity contribution in [1.82, 2.24) is 9.62 Å². The second-order valence-corrected chi connectivity index (χ2v) is 7.11. The maximum atomic E-state index is 13.8. The van der Waals surface area contributed by atoms with Crippen LogP contribution >= 0.6 is 0 Å². The highest BCUT2D eigenvalue weighted by molar-refractivity contribution is 7.90. The molecular weight excluding hydrogens is 293 g/mol. The molecule has 2 rings (SSSR count). The number of hydrogen-bond donors (Lipinski definition) is 2. The van der Waals surface area contributed by atoms with Crippen LogP contribution < -0.4 is 10.0 Å². The van der Waals surface area contributed by atoms with E-state index in [4.69, 9.17) is 0 Å². The topological polar surface area (TPSA) is 61.4 Å². The summed E-state index contributed by atoms with van der Waals surface area (Å²) in [6.45, 7) is 3.51. The average molecular weight is 315 g/mol. The number of piperidine rings is 1. The van der Waals surface area contributed by atoms with Crippen LogP contribution in [0.2, 0.25) is 0 Å². The average Bonchev–Trinajstić information content (AvgIpc) is 2.44. The first-order valence-corrected chi connectivity index (χ1v) is 8.55. The van der Waals surface area contributed by atoms with Crippen molar-refractivity contribution in [2.45, 2.75) is 19.8 Å². The van der Waals surface area contributed by atoms with E-state index in [1.54, 1.807) is 19.1 Å². The molecule has 1 aromatic carbocycles. The lowest BCUT2D eigenvalue weighted by molar-refractivity contribution is 0.272. The van der Waals surface area contributed by atoms with Crippen LogP contribution in [0.25, 0.3) is 0 Å². The number of halogens is 1. The van der Waals surface area contributed by atoms with Crippen LogP contribution in [0.4, 0.5) is 10.1 Å². The molecule has 0 saturated carbocycles. The van der Waals surface area contributed by atoms with Gasteiger partial charge in [0.05, 0.1) is 5.69 Å². The third kappa shape index (κ3) is 3.93. The van der Waals surface area contributed by atoms with Crippen LogP contribution in [0.3, 0.4) is 0 Å². The number of benzene rings is 1. The smallest absolute Gasteiger partial charge is 0.301 e. The molecule has 2 N–H and O–H groups in total. The lowest BCUT2D eigenvalue weighted by Gasteiger charge is -2.31. The molecule has 21 heavy (non-hydrogen) atoms. The predicted octanol–water partition coefficient (Wildman–Crippen LogP) is 1.72. The fourth-order valence-electron chi connectivity index (χ4n) is 2.60. The quantitative estimate of drug-likeness (QED) is 0.870. The van der Waals surface area contributed by atoms with Gasteiger partial charge in [-0.05, 0) is 50.9 Å². The van der Waals surface area contributed by atoms with Crippen molar-refractivity contribution in [2.24, 2.45) is 5.92 Å². The van der Waals surface area contributed by atoms with Gasteiger partial charge >= 0.3 is 10.2 Å². The summed E-state index contributed by atoms with van der Waals surface area (Å²) in [6.07, 6.45) is 1.63. The van der Waals surface area contributed by atoms with Gasteiger partial charge in [0.1, 0.15) is 5.82 Å². The maximum absolute atomic E-state index is 13.8. The fourth-order valence-corrected chi connectivity index (χ4v) is 3.93. The molecule has 0 unspecified atom stereocenters. The van der Waals surface area contributed by atoms with E-state index in [1.807, 2.05) is 7.05 Å².